The Morgan fingerprint density at radius 2 is 1.21 bits per heavy atom. The molecule has 14 heteroatoms. The van der Waals surface area contributed by atoms with E-state index in [0.717, 1.165) is 0 Å². The average Bonchev–Trinajstić information content (AvgIpc) is 2.82. The molecule has 2 amide bonds. The van der Waals surface area contributed by atoms with Crippen LogP contribution in [0.2, 0.25) is 0 Å². The molecule has 0 saturated carbocycles. The minimum Gasteiger partial charge on any atom is -0.490 e. The van der Waals surface area contributed by atoms with E-state index in [4.69, 9.17) is 9.47 Å². The van der Waals surface area contributed by atoms with Gasteiger partial charge in [0.15, 0.2) is 11.5 Å². The van der Waals surface area contributed by atoms with Crippen LogP contribution >= 0.6 is 0 Å². The Morgan fingerprint density at radius 1 is 0.824 bits per heavy atom. The number of carbonyl (C=O) groups is 2. The number of amides is 2. The summed E-state index contributed by atoms with van der Waals surface area (Å²) in [5.74, 6) is -0.955. The molecule has 34 heavy (non-hydrogen) atoms. The summed E-state index contributed by atoms with van der Waals surface area (Å²) >= 11 is 0. The number of nitro benzene ring substituents is 2. The molecule has 0 saturated heterocycles. The summed E-state index contributed by atoms with van der Waals surface area (Å²) in [7, 11) is 2.62. The van der Waals surface area contributed by atoms with Crippen molar-refractivity contribution < 1.29 is 28.9 Å². The van der Waals surface area contributed by atoms with Crippen molar-refractivity contribution >= 4 is 35.6 Å². The second-order valence-electron chi connectivity index (χ2n) is 6.46. The van der Waals surface area contributed by atoms with Gasteiger partial charge in [-0.2, -0.15) is 10.2 Å². The number of nitrogens with zero attached hydrogens (tertiary/aromatic N) is 4. The summed E-state index contributed by atoms with van der Waals surface area (Å²) in [5, 5.41) is 29.4. The smallest absolute Gasteiger partial charge is 0.311 e. The Bertz CT molecular complexity index is 1060. The molecule has 0 aliphatic heterocycles. The first-order valence-electron chi connectivity index (χ1n) is 9.53. The summed E-state index contributed by atoms with van der Waals surface area (Å²) in [6.07, 6.45) is 2.02. The first-order valence-corrected chi connectivity index (χ1v) is 9.53. The Kier molecular flexibility index (Phi) is 9.13. The highest BCUT2D eigenvalue weighted by atomic mass is 16.6. The third-order valence-corrected chi connectivity index (χ3v) is 4.18. The molecule has 2 N–H and O–H groups in total. The van der Waals surface area contributed by atoms with E-state index in [1.165, 1.54) is 63.0 Å². The number of hydrazone groups is 2. The molecule has 0 fully saturated rings. The summed E-state index contributed by atoms with van der Waals surface area (Å²) in [4.78, 5) is 44.5. The van der Waals surface area contributed by atoms with Crippen molar-refractivity contribution in [2.75, 3.05) is 14.2 Å². The number of ether oxygens (including phenoxy) is 2. The lowest BCUT2D eigenvalue weighted by atomic mass is 10.2. The number of rotatable bonds is 11. The number of nitro groups is 2. The third-order valence-electron chi connectivity index (χ3n) is 4.18. The van der Waals surface area contributed by atoms with Gasteiger partial charge in [-0.15, -0.1) is 0 Å². The van der Waals surface area contributed by atoms with E-state index in [2.05, 4.69) is 21.1 Å². The second kappa shape index (κ2) is 12.2. The minimum absolute atomic E-state index is 0.0880. The van der Waals surface area contributed by atoms with Gasteiger partial charge in [-0.25, -0.2) is 10.9 Å². The molecular weight excluding hydrogens is 452 g/mol. The highest BCUT2D eigenvalue weighted by Crippen LogP contribution is 2.27. The number of hydrogen-bond donors (Lipinski definition) is 2. The van der Waals surface area contributed by atoms with E-state index in [9.17, 15) is 29.8 Å². The molecular formula is C20H20N6O8. The van der Waals surface area contributed by atoms with Crippen LogP contribution in [0.25, 0.3) is 0 Å². The van der Waals surface area contributed by atoms with Crippen molar-refractivity contribution in [1.82, 2.24) is 10.9 Å². The van der Waals surface area contributed by atoms with E-state index < -0.39 is 21.7 Å². The van der Waals surface area contributed by atoms with Crippen molar-refractivity contribution in [2.45, 2.75) is 12.8 Å². The number of carbonyl (C=O) groups excluding carboxylic acids is 2. The van der Waals surface area contributed by atoms with Gasteiger partial charge < -0.3 is 9.47 Å². The second-order valence-corrected chi connectivity index (χ2v) is 6.46. The van der Waals surface area contributed by atoms with E-state index in [-0.39, 0.29) is 35.7 Å². The van der Waals surface area contributed by atoms with E-state index in [0.29, 0.717) is 11.1 Å². The lowest BCUT2D eigenvalue weighted by Gasteiger charge is -2.03. The normalized spacial score (nSPS) is 10.8. The summed E-state index contributed by atoms with van der Waals surface area (Å²) in [6.45, 7) is 0. The summed E-state index contributed by atoms with van der Waals surface area (Å²) < 4.78 is 9.80. The lowest BCUT2D eigenvalue weighted by molar-refractivity contribution is -0.385. The fraction of sp³-hybridized carbons (Fsp3) is 0.200. The zero-order valence-corrected chi connectivity index (χ0v) is 18.1. The first kappa shape index (κ1) is 25.4. The molecule has 2 aromatic carbocycles. The van der Waals surface area contributed by atoms with Crippen LogP contribution in [0.3, 0.4) is 0 Å². The largest absolute Gasteiger partial charge is 0.490 e. The molecule has 0 spiro atoms. The van der Waals surface area contributed by atoms with Gasteiger partial charge in [0.25, 0.3) is 0 Å². The van der Waals surface area contributed by atoms with E-state index >= 15 is 0 Å². The maximum Gasteiger partial charge on any atom is 0.311 e. The molecule has 0 unspecified atom stereocenters. The minimum atomic E-state index is -0.605. The molecule has 178 valence electrons. The number of methoxy groups -OCH3 is 2. The summed E-state index contributed by atoms with van der Waals surface area (Å²) in [5.41, 5.74) is 4.64. The molecule has 0 aliphatic rings. The molecule has 14 nitrogen and oxygen atoms in total. The van der Waals surface area contributed by atoms with Gasteiger partial charge in [-0.05, 0) is 24.3 Å². The van der Waals surface area contributed by atoms with Crippen LogP contribution in [-0.2, 0) is 9.59 Å². The molecule has 0 radical (unpaired) electrons. The zero-order chi connectivity index (χ0) is 25.1. The van der Waals surface area contributed by atoms with Gasteiger partial charge in [0.05, 0.1) is 36.5 Å². The standard InChI is InChI=1S/C20H20N6O8/c1-33-17-5-3-13(9-15(17)25(29)30)11-21-23-19(27)7-8-20(28)24-22-12-14-4-6-18(34-2)16(10-14)26(31)32/h3-6,9-12H,7-8H2,1-2H3,(H,23,27)(H,24,28)/b21-11+,22-12+. The predicted molar refractivity (Wildman–Crippen MR) is 120 cm³/mol. The van der Waals surface area contributed by atoms with Crippen molar-refractivity contribution in [1.29, 1.82) is 0 Å². The van der Waals surface area contributed by atoms with Gasteiger partial charge in [0.2, 0.25) is 11.8 Å². The zero-order valence-electron chi connectivity index (χ0n) is 18.1. The van der Waals surface area contributed by atoms with Crippen LogP contribution in [-0.4, -0.2) is 48.3 Å². The highest BCUT2D eigenvalue weighted by molar-refractivity contribution is 5.87. The van der Waals surface area contributed by atoms with E-state index in [1.54, 1.807) is 0 Å². The number of hydrogen-bond acceptors (Lipinski definition) is 10. The van der Waals surface area contributed by atoms with Crippen LogP contribution in [0.4, 0.5) is 11.4 Å². The SMILES string of the molecule is COc1ccc(/C=N/NC(=O)CCC(=O)N/N=C/c2ccc(OC)c([N+](=O)[O-])c2)cc1[N+](=O)[O-]. The first-order chi connectivity index (χ1) is 16.2. The highest BCUT2D eigenvalue weighted by Gasteiger charge is 2.15. The van der Waals surface area contributed by atoms with Gasteiger partial charge in [-0.1, -0.05) is 0 Å². The lowest BCUT2D eigenvalue weighted by Crippen LogP contribution is -2.22. The van der Waals surface area contributed by atoms with Gasteiger partial charge in [-0.3, -0.25) is 29.8 Å². The predicted octanol–water partition coefficient (Wildman–Crippen LogP) is 1.90. The van der Waals surface area contributed by atoms with Crippen LogP contribution in [0.15, 0.2) is 46.6 Å². The molecule has 0 bridgehead atoms. The Morgan fingerprint density at radius 3 is 1.53 bits per heavy atom. The Labute approximate surface area is 192 Å². The fourth-order valence-corrected chi connectivity index (χ4v) is 2.56. The van der Waals surface area contributed by atoms with E-state index in [1.807, 2.05) is 0 Å². The molecule has 0 atom stereocenters. The Balaban J connectivity index is 1.82. The fourth-order valence-electron chi connectivity index (χ4n) is 2.56. The van der Waals surface area contributed by atoms with Gasteiger partial charge >= 0.3 is 11.4 Å². The van der Waals surface area contributed by atoms with Gasteiger partial charge in [0, 0.05) is 36.1 Å². The van der Waals surface area contributed by atoms with Crippen molar-refractivity contribution in [3.05, 3.63) is 67.8 Å². The van der Waals surface area contributed by atoms with Crippen LogP contribution < -0.4 is 20.3 Å². The number of nitrogens with one attached hydrogen (secondary N) is 2. The Hall–Kier alpha value is -4.88. The molecule has 2 rings (SSSR count). The van der Waals surface area contributed by atoms with Gasteiger partial charge in [0.1, 0.15) is 0 Å². The van der Waals surface area contributed by atoms with Crippen molar-refractivity contribution in [2.24, 2.45) is 10.2 Å². The molecule has 0 aromatic heterocycles. The maximum absolute atomic E-state index is 11.8. The molecule has 0 heterocycles. The number of benzene rings is 2. The maximum atomic E-state index is 11.8. The van der Waals surface area contributed by atoms with Crippen LogP contribution in [0.5, 0.6) is 11.5 Å². The van der Waals surface area contributed by atoms with Crippen molar-refractivity contribution in [3.8, 4) is 11.5 Å². The van der Waals surface area contributed by atoms with Crippen LogP contribution in [0.1, 0.15) is 24.0 Å². The quantitative estimate of drug-likeness (QED) is 0.282. The topological polar surface area (TPSA) is 188 Å². The summed E-state index contributed by atoms with van der Waals surface area (Å²) in [6, 6.07) is 8.30. The van der Waals surface area contributed by atoms with Crippen LogP contribution in [0, 0.1) is 20.2 Å². The monoisotopic (exact) mass is 472 g/mol. The molecule has 0 aliphatic carbocycles. The molecule has 2 aromatic rings. The van der Waals surface area contributed by atoms with Crippen molar-refractivity contribution in [3.63, 3.8) is 0 Å². The third kappa shape index (κ3) is 7.37. The average molecular weight is 472 g/mol.